The number of halogens is 2. The molecular weight excluding hydrogens is 362 g/mol. The molecule has 2 aliphatic carbocycles. The molecule has 2 aromatic heterocycles. The zero-order valence-corrected chi connectivity index (χ0v) is 15.5. The summed E-state index contributed by atoms with van der Waals surface area (Å²) in [5.74, 6) is -0.622. The Kier molecular flexibility index (Phi) is 3.42. The van der Waals surface area contributed by atoms with Gasteiger partial charge in [-0.15, -0.1) is 5.10 Å². The fourth-order valence-corrected chi connectivity index (χ4v) is 5.34. The van der Waals surface area contributed by atoms with Gasteiger partial charge in [0.05, 0.1) is 28.6 Å². The van der Waals surface area contributed by atoms with E-state index in [1.54, 1.807) is 6.07 Å². The summed E-state index contributed by atoms with van der Waals surface area (Å²) in [7, 11) is 0. The Bertz CT molecular complexity index is 1150. The van der Waals surface area contributed by atoms with Crippen LogP contribution in [0.2, 0.25) is 0 Å². The second-order valence-electron chi connectivity index (χ2n) is 8.18. The Labute approximate surface area is 160 Å². The molecule has 2 heterocycles. The Balaban J connectivity index is 1.75. The van der Waals surface area contributed by atoms with Crippen molar-refractivity contribution in [3.8, 4) is 11.3 Å². The highest BCUT2D eigenvalue weighted by atomic mass is 19.1. The van der Waals surface area contributed by atoms with Crippen molar-refractivity contribution in [2.75, 3.05) is 0 Å². The summed E-state index contributed by atoms with van der Waals surface area (Å²) in [6.45, 7) is 4.26. The van der Waals surface area contributed by atoms with Crippen LogP contribution >= 0.6 is 0 Å². The first kappa shape index (κ1) is 17.2. The van der Waals surface area contributed by atoms with Crippen molar-refractivity contribution < 1.29 is 13.2 Å². The molecule has 0 spiro atoms. The molecule has 0 saturated heterocycles. The van der Waals surface area contributed by atoms with E-state index < -0.39 is 17.0 Å². The zero-order valence-electron chi connectivity index (χ0n) is 15.5. The van der Waals surface area contributed by atoms with Crippen LogP contribution in [-0.2, 0) is 5.41 Å². The molecule has 4 nitrogen and oxygen atoms in total. The van der Waals surface area contributed by atoms with E-state index in [1.807, 2.05) is 0 Å². The van der Waals surface area contributed by atoms with Crippen molar-refractivity contribution in [3.05, 3.63) is 81.5 Å². The predicted molar refractivity (Wildman–Crippen MR) is 98.9 cm³/mol. The quantitative estimate of drug-likeness (QED) is 0.653. The first-order valence-corrected chi connectivity index (χ1v) is 9.28. The number of aromatic nitrogens is 2. The van der Waals surface area contributed by atoms with Crippen LogP contribution < -0.4 is 5.43 Å². The van der Waals surface area contributed by atoms with Crippen molar-refractivity contribution in [1.82, 2.24) is 10.2 Å². The molecule has 1 fully saturated rings. The van der Waals surface area contributed by atoms with Gasteiger partial charge in [0, 0.05) is 12.1 Å². The SMILES string of the molecule is CC1(C)[C@H]2CC[C@]1(c1cc(=O)cco1)c1nnc(-c3c(F)cccc3F)cc12. The zero-order chi connectivity index (χ0) is 19.7. The molecule has 3 aromatic rings. The maximum atomic E-state index is 14.3. The molecule has 2 atom stereocenters. The largest absolute Gasteiger partial charge is 0.468 e. The second kappa shape index (κ2) is 5.56. The van der Waals surface area contributed by atoms with E-state index in [9.17, 15) is 13.6 Å². The van der Waals surface area contributed by atoms with Gasteiger partial charge in [-0.25, -0.2) is 8.78 Å². The fraction of sp³-hybridized carbons (Fsp3) is 0.318. The Morgan fingerprint density at radius 1 is 1.11 bits per heavy atom. The summed E-state index contributed by atoms with van der Waals surface area (Å²) in [6, 6.07) is 8.40. The van der Waals surface area contributed by atoms with Gasteiger partial charge in [0.1, 0.15) is 17.4 Å². The van der Waals surface area contributed by atoms with Gasteiger partial charge in [0.25, 0.3) is 0 Å². The van der Waals surface area contributed by atoms with Crippen LogP contribution in [0.3, 0.4) is 0 Å². The molecule has 2 aliphatic rings. The van der Waals surface area contributed by atoms with Gasteiger partial charge < -0.3 is 4.42 Å². The van der Waals surface area contributed by atoms with Crippen LogP contribution in [0.5, 0.6) is 0 Å². The molecule has 28 heavy (non-hydrogen) atoms. The van der Waals surface area contributed by atoms with Gasteiger partial charge in [0.15, 0.2) is 5.43 Å². The molecule has 0 aliphatic heterocycles. The molecule has 6 heteroatoms. The average Bonchev–Trinajstić information content (AvgIpc) is 3.03. The third kappa shape index (κ3) is 2.00. The molecule has 0 amide bonds. The number of hydrogen-bond acceptors (Lipinski definition) is 4. The Morgan fingerprint density at radius 3 is 2.57 bits per heavy atom. The lowest BCUT2D eigenvalue weighted by molar-refractivity contribution is 0.210. The van der Waals surface area contributed by atoms with Crippen molar-refractivity contribution in [2.24, 2.45) is 5.41 Å². The second-order valence-corrected chi connectivity index (χ2v) is 8.18. The topological polar surface area (TPSA) is 56.0 Å². The molecule has 0 N–H and O–H groups in total. The average molecular weight is 380 g/mol. The maximum absolute atomic E-state index is 14.3. The molecular formula is C22H18F2N2O2. The first-order chi connectivity index (χ1) is 13.4. The Morgan fingerprint density at radius 2 is 1.86 bits per heavy atom. The minimum atomic E-state index is -0.666. The van der Waals surface area contributed by atoms with E-state index in [2.05, 4.69) is 24.0 Å². The smallest absolute Gasteiger partial charge is 0.185 e. The predicted octanol–water partition coefficient (Wildman–Crippen LogP) is 4.58. The van der Waals surface area contributed by atoms with Gasteiger partial charge in [-0.3, -0.25) is 4.79 Å². The highest BCUT2D eigenvalue weighted by Gasteiger charge is 2.65. The normalized spacial score (nSPS) is 24.4. The number of benzene rings is 1. The molecule has 0 unspecified atom stereocenters. The van der Waals surface area contributed by atoms with Crippen molar-refractivity contribution in [1.29, 1.82) is 0 Å². The van der Waals surface area contributed by atoms with Crippen LogP contribution in [-0.4, -0.2) is 10.2 Å². The highest BCUT2D eigenvalue weighted by molar-refractivity contribution is 5.64. The van der Waals surface area contributed by atoms with Crippen LogP contribution in [0.1, 0.15) is 49.6 Å². The lowest BCUT2D eigenvalue weighted by Crippen LogP contribution is -2.37. The first-order valence-electron chi connectivity index (χ1n) is 9.28. The third-order valence-corrected chi connectivity index (χ3v) is 6.72. The lowest BCUT2D eigenvalue weighted by Gasteiger charge is -2.36. The monoisotopic (exact) mass is 380 g/mol. The molecule has 2 bridgehead atoms. The number of rotatable bonds is 2. The molecule has 142 valence electrons. The van der Waals surface area contributed by atoms with Gasteiger partial charge >= 0.3 is 0 Å². The number of hydrogen-bond donors (Lipinski definition) is 0. The van der Waals surface area contributed by atoms with E-state index in [0.717, 1.165) is 24.1 Å². The maximum Gasteiger partial charge on any atom is 0.185 e. The molecule has 1 saturated carbocycles. The molecule has 0 radical (unpaired) electrons. The van der Waals surface area contributed by atoms with Crippen LogP contribution in [0.15, 0.2) is 51.9 Å². The lowest BCUT2D eigenvalue weighted by atomic mass is 9.67. The standard InChI is InChI=1S/C22H18F2N2O2/c1-21(2)14-6-8-22(21,18-10-12(27)7-9-28-18)20-13(14)11-17(25-26-20)19-15(23)4-3-5-16(19)24/h3-5,7,9-11,14H,6,8H2,1-2H3/t14-,22-/m0/s1. The van der Waals surface area contributed by atoms with Gasteiger partial charge in [0.2, 0.25) is 0 Å². The van der Waals surface area contributed by atoms with Crippen LogP contribution in [0, 0.1) is 17.0 Å². The fourth-order valence-electron chi connectivity index (χ4n) is 5.34. The number of nitrogens with zero attached hydrogens (tertiary/aromatic N) is 2. The van der Waals surface area contributed by atoms with E-state index in [0.29, 0.717) is 5.76 Å². The minimum Gasteiger partial charge on any atom is -0.468 e. The molecule has 1 aromatic carbocycles. The summed E-state index contributed by atoms with van der Waals surface area (Å²) in [5.41, 5.74) is 0.710. The van der Waals surface area contributed by atoms with Gasteiger partial charge in [-0.05, 0) is 47.9 Å². The third-order valence-electron chi connectivity index (χ3n) is 6.72. The van der Waals surface area contributed by atoms with Crippen molar-refractivity contribution in [2.45, 2.75) is 38.0 Å². The van der Waals surface area contributed by atoms with Crippen molar-refractivity contribution >= 4 is 0 Å². The Hall–Kier alpha value is -2.89. The van der Waals surface area contributed by atoms with Gasteiger partial charge in [-0.2, -0.15) is 5.10 Å². The van der Waals surface area contributed by atoms with E-state index in [-0.39, 0.29) is 28.0 Å². The van der Waals surface area contributed by atoms with E-state index in [4.69, 9.17) is 4.42 Å². The number of fused-ring (bicyclic) bond motifs is 5. The van der Waals surface area contributed by atoms with E-state index in [1.165, 1.54) is 36.6 Å². The van der Waals surface area contributed by atoms with Crippen LogP contribution in [0.4, 0.5) is 8.78 Å². The van der Waals surface area contributed by atoms with Crippen LogP contribution in [0.25, 0.3) is 11.3 Å². The van der Waals surface area contributed by atoms with Crippen molar-refractivity contribution in [3.63, 3.8) is 0 Å². The minimum absolute atomic E-state index is 0.124. The summed E-state index contributed by atoms with van der Waals surface area (Å²) >= 11 is 0. The summed E-state index contributed by atoms with van der Waals surface area (Å²) in [4.78, 5) is 12.0. The summed E-state index contributed by atoms with van der Waals surface area (Å²) < 4.78 is 34.3. The van der Waals surface area contributed by atoms with Gasteiger partial charge in [-0.1, -0.05) is 19.9 Å². The van der Waals surface area contributed by atoms with E-state index >= 15 is 0 Å². The summed E-state index contributed by atoms with van der Waals surface area (Å²) in [6.07, 6.45) is 3.07. The molecule has 5 rings (SSSR count). The highest BCUT2D eigenvalue weighted by Crippen LogP contribution is 2.69. The summed E-state index contributed by atoms with van der Waals surface area (Å²) in [5, 5.41) is 8.60.